The molecule has 1 N–H and O–H groups in total. The van der Waals surface area contributed by atoms with Gasteiger partial charge in [0.15, 0.2) is 0 Å². The molecule has 0 aromatic rings. The van der Waals surface area contributed by atoms with Crippen LogP contribution in [0.2, 0.25) is 0 Å². The van der Waals surface area contributed by atoms with Crippen LogP contribution in [-0.2, 0) is 4.74 Å². The summed E-state index contributed by atoms with van der Waals surface area (Å²) in [4.78, 5) is 0. The summed E-state index contributed by atoms with van der Waals surface area (Å²) in [5.74, 6) is 0.907. The smallest absolute Gasteiger partial charge is 0.0590 e. The van der Waals surface area contributed by atoms with Crippen LogP contribution in [0.1, 0.15) is 52.4 Å². The molecule has 0 bridgehead atoms. The van der Waals surface area contributed by atoms with Gasteiger partial charge >= 0.3 is 0 Å². The molecule has 90 valence electrons. The zero-order valence-electron chi connectivity index (χ0n) is 10.4. The van der Waals surface area contributed by atoms with E-state index in [0.29, 0.717) is 6.04 Å². The first-order chi connectivity index (χ1) is 7.34. The van der Waals surface area contributed by atoms with Gasteiger partial charge in [-0.05, 0) is 32.1 Å². The third-order valence-corrected chi connectivity index (χ3v) is 3.42. The highest BCUT2D eigenvalue weighted by molar-refractivity contribution is 4.75. The van der Waals surface area contributed by atoms with Crippen molar-refractivity contribution in [1.29, 1.82) is 0 Å². The minimum Gasteiger partial charge on any atom is -0.380 e. The van der Waals surface area contributed by atoms with Gasteiger partial charge in [0.05, 0.1) is 6.61 Å². The standard InChI is InChI=1S/C13H27NO/c1-3-10-15-11-9-14-12(2)13-7-5-4-6-8-13/h12-14H,3-11H2,1-2H3/t12-/m1/s1. The minimum absolute atomic E-state index is 0.676. The molecule has 0 amide bonds. The Morgan fingerprint density at radius 1 is 1.20 bits per heavy atom. The molecule has 15 heavy (non-hydrogen) atoms. The van der Waals surface area contributed by atoms with E-state index in [1.165, 1.54) is 32.1 Å². The van der Waals surface area contributed by atoms with Gasteiger partial charge in [-0.25, -0.2) is 0 Å². The van der Waals surface area contributed by atoms with E-state index in [1.807, 2.05) is 0 Å². The molecule has 0 spiro atoms. The Kier molecular flexibility index (Phi) is 7.03. The molecule has 1 aliphatic rings. The number of nitrogens with one attached hydrogen (secondary N) is 1. The summed E-state index contributed by atoms with van der Waals surface area (Å²) in [6.07, 6.45) is 8.28. The van der Waals surface area contributed by atoms with Gasteiger partial charge in [-0.3, -0.25) is 0 Å². The first-order valence-corrected chi connectivity index (χ1v) is 6.65. The van der Waals surface area contributed by atoms with Crippen LogP contribution in [0.5, 0.6) is 0 Å². The summed E-state index contributed by atoms with van der Waals surface area (Å²) in [5.41, 5.74) is 0. The molecule has 0 radical (unpaired) electrons. The number of hydrogen-bond donors (Lipinski definition) is 1. The third-order valence-electron chi connectivity index (χ3n) is 3.42. The fraction of sp³-hybridized carbons (Fsp3) is 1.00. The second-order valence-electron chi connectivity index (χ2n) is 4.75. The van der Waals surface area contributed by atoms with Crippen LogP contribution in [0.3, 0.4) is 0 Å². The zero-order chi connectivity index (χ0) is 10.9. The summed E-state index contributed by atoms with van der Waals surface area (Å²) in [7, 11) is 0. The summed E-state index contributed by atoms with van der Waals surface area (Å²) in [5, 5.41) is 3.59. The average molecular weight is 213 g/mol. The molecule has 1 saturated carbocycles. The van der Waals surface area contributed by atoms with E-state index in [0.717, 1.165) is 32.1 Å². The van der Waals surface area contributed by atoms with Crippen molar-refractivity contribution in [2.45, 2.75) is 58.4 Å². The quantitative estimate of drug-likeness (QED) is 0.656. The maximum atomic E-state index is 5.46. The Balaban J connectivity index is 1.99. The molecule has 1 rings (SSSR count). The monoisotopic (exact) mass is 213 g/mol. The molecular weight excluding hydrogens is 186 g/mol. The first kappa shape index (κ1) is 13.0. The fourth-order valence-corrected chi connectivity index (χ4v) is 2.41. The molecule has 1 atom stereocenters. The van der Waals surface area contributed by atoms with Gasteiger partial charge in [-0.2, -0.15) is 0 Å². The van der Waals surface area contributed by atoms with Gasteiger partial charge in [0, 0.05) is 19.2 Å². The second-order valence-corrected chi connectivity index (χ2v) is 4.75. The van der Waals surface area contributed by atoms with Gasteiger partial charge in [-0.15, -0.1) is 0 Å². The lowest BCUT2D eigenvalue weighted by atomic mass is 9.84. The fourth-order valence-electron chi connectivity index (χ4n) is 2.41. The van der Waals surface area contributed by atoms with E-state index in [1.54, 1.807) is 0 Å². The van der Waals surface area contributed by atoms with Crippen LogP contribution in [0, 0.1) is 5.92 Å². The normalized spacial score (nSPS) is 20.4. The predicted octanol–water partition coefficient (Wildman–Crippen LogP) is 2.97. The maximum Gasteiger partial charge on any atom is 0.0590 e. The predicted molar refractivity (Wildman–Crippen MR) is 65.1 cm³/mol. The van der Waals surface area contributed by atoms with Crippen molar-refractivity contribution >= 4 is 0 Å². The zero-order valence-corrected chi connectivity index (χ0v) is 10.4. The lowest BCUT2D eigenvalue weighted by Crippen LogP contribution is -2.36. The van der Waals surface area contributed by atoms with Gasteiger partial charge in [0.2, 0.25) is 0 Å². The molecule has 1 aliphatic carbocycles. The molecule has 0 saturated heterocycles. The van der Waals surface area contributed by atoms with Crippen molar-refractivity contribution in [1.82, 2.24) is 5.32 Å². The van der Waals surface area contributed by atoms with Crippen LogP contribution < -0.4 is 5.32 Å². The molecule has 0 aromatic heterocycles. The Morgan fingerprint density at radius 2 is 1.93 bits per heavy atom. The highest BCUT2D eigenvalue weighted by Crippen LogP contribution is 2.26. The molecule has 0 heterocycles. The third kappa shape index (κ3) is 5.53. The molecule has 0 aliphatic heterocycles. The molecule has 2 heteroatoms. The van der Waals surface area contributed by atoms with E-state index in [2.05, 4.69) is 19.2 Å². The Bertz CT molecular complexity index is 143. The molecule has 0 aromatic carbocycles. The number of ether oxygens (including phenoxy) is 1. The summed E-state index contributed by atoms with van der Waals surface area (Å²) in [6, 6.07) is 0.676. The van der Waals surface area contributed by atoms with Gasteiger partial charge < -0.3 is 10.1 Å². The van der Waals surface area contributed by atoms with Crippen molar-refractivity contribution in [2.24, 2.45) is 5.92 Å². The van der Waals surface area contributed by atoms with Crippen molar-refractivity contribution in [3.05, 3.63) is 0 Å². The van der Waals surface area contributed by atoms with E-state index >= 15 is 0 Å². The van der Waals surface area contributed by atoms with Crippen molar-refractivity contribution in [3.8, 4) is 0 Å². The highest BCUT2D eigenvalue weighted by Gasteiger charge is 2.18. The molecule has 1 fully saturated rings. The molecular formula is C13H27NO. The lowest BCUT2D eigenvalue weighted by molar-refractivity contribution is 0.131. The van der Waals surface area contributed by atoms with Crippen LogP contribution in [0.25, 0.3) is 0 Å². The van der Waals surface area contributed by atoms with Crippen molar-refractivity contribution < 1.29 is 4.74 Å². The second kappa shape index (κ2) is 8.12. The molecule has 2 nitrogen and oxygen atoms in total. The summed E-state index contributed by atoms with van der Waals surface area (Å²) < 4.78 is 5.46. The summed E-state index contributed by atoms with van der Waals surface area (Å²) in [6.45, 7) is 7.26. The van der Waals surface area contributed by atoms with E-state index in [4.69, 9.17) is 4.74 Å². The van der Waals surface area contributed by atoms with Crippen LogP contribution in [0.15, 0.2) is 0 Å². The Morgan fingerprint density at radius 3 is 2.60 bits per heavy atom. The van der Waals surface area contributed by atoms with Gasteiger partial charge in [0.1, 0.15) is 0 Å². The van der Waals surface area contributed by atoms with Gasteiger partial charge in [-0.1, -0.05) is 26.2 Å². The van der Waals surface area contributed by atoms with Gasteiger partial charge in [0.25, 0.3) is 0 Å². The average Bonchev–Trinajstić information content (AvgIpc) is 2.30. The number of hydrogen-bond acceptors (Lipinski definition) is 2. The Hall–Kier alpha value is -0.0800. The van der Waals surface area contributed by atoms with E-state index in [-0.39, 0.29) is 0 Å². The molecule has 0 unspecified atom stereocenters. The topological polar surface area (TPSA) is 21.3 Å². The maximum absolute atomic E-state index is 5.46. The first-order valence-electron chi connectivity index (χ1n) is 6.65. The SMILES string of the molecule is CCCOCCN[C@H](C)C1CCCCC1. The largest absolute Gasteiger partial charge is 0.380 e. The van der Waals surface area contributed by atoms with Crippen LogP contribution in [0.4, 0.5) is 0 Å². The lowest BCUT2D eigenvalue weighted by Gasteiger charge is -2.28. The summed E-state index contributed by atoms with van der Waals surface area (Å²) >= 11 is 0. The van der Waals surface area contributed by atoms with Crippen molar-refractivity contribution in [3.63, 3.8) is 0 Å². The highest BCUT2D eigenvalue weighted by atomic mass is 16.5. The number of rotatable bonds is 7. The van der Waals surface area contributed by atoms with E-state index < -0.39 is 0 Å². The van der Waals surface area contributed by atoms with Crippen molar-refractivity contribution in [2.75, 3.05) is 19.8 Å². The van der Waals surface area contributed by atoms with Crippen LogP contribution >= 0.6 is 0 Å². The van der Waals surface area contributed by atoms with Crippen LogP contribution in [-0.4, -0.2) is 25.8 Å². The Labute approximate surface area is 94.8 Å². The minimum atomic E-state index is 0.676. The van der Waals surface area contributed by atoms with E-state index in [9.17, 15) is 0 Å².